The van der Waals surface area contributed by atoms with Gasteiger partial charge in [-0.15, -0.1) is 0 Å². The minimum absolute atomic E-state index is 0.213. The number of amides is 2. The zero-order valence-corrected chi connectivity index (χ0v) is 19.4. The average Bonchev–Trinajstić information content (AvgIpc) is 2.81. The van der Waals surface area contributed by atoms with Gasteiger partial charge in [0.1, 0.15) is 5.54 Å². The molecule has 0 heterocycles. The molecule has 2 aromatic rings. The Bertz CT molecular complexity index is 909. The summed E-state index contributed by atoms with van der Waals surface area (Å²) < 4.78 is 5.33. The highest BCUT2D eigenvalue weighted by Crippen LogP contribution is 2.30. The summed E-state index contributed by atoms with van der Waals surface area (Å²) in [5.74, 6) is -0.213. The zero-order valence-electron chi connectivity index (χ0n) is 19.4. The first-order valence-corrected chi connectivity index (χ1v) is 11.7. The van der Waals surface area contributed by atoms with Crippen LogP contribution in [0.25, 0.3) is 0 Å². The average molecular weight is 438 g/mol. The van der Waals surface area contributed by atoms with Gasteiger partial charge in [0, 0.05) is 30.9 Å². The summed E-state index contributed by atoms with van der Waals surface area (Å²) in [6, 6.07) is 15.9. The van der Waals surface area contributed by atoms with Gasteiger partial charge >= 0.3 is 6.09 Å². The summed E-state index contributed by atoms with van der Waals surface area (Å²) >= 11 is 0. The molecule has 0 bridgehead atoms. The third kappa shape index (κ3) is 5.61. The number of carbonyl (C=O) groups excluding carboxylic acids is 2. The molecule has 6 heteroatoms. The summed E-state index contributed by atoms with van der Waals surface area (Å²) in [5, 5.41) is 5.95. The molecule has 0 spiro atoms. The molecule has 2 aromatic carbocycles. The van der Waals surface area contributed by atoms with E-state index in [1.807, 2.05) is 49.4 Å². The lowest BCUT2D eigenvalue weighted by Crippen LogP contribution is -2.60. The highest BCUT2D eigenvalue weighted by Gasteiger charge is 2.43. The lowest BCUT2D eigenvalue weighted by atomic mass is 9.77. The molecule has 3 rings (SSSR count). The van der Waals surface area contributed by atoms with Crippen molar-refractivity contribution in [2.24, 2.45) is 0 Å². The van der Waals surface area contributed by atoms with Crippen molar-refractivity contribution in [2.45, 2.75) is 58.4 Å². The minimum atomic E-state index is -1.05. The Hall–Kier alpha value is -3.02. The molecule has 0 radical (unpaired) electrons. The van der Waals surface area contributed by atoms with Crippen LogP contribution in [0.1, 0.15) is 51.2 Å². The summed E-state index contributed by atoms with van der Waals surface area (Å²) in [6.45, 7) is 8.48. The van der Waals surface area contributed by atoms with Gasteiger partial charge in [0.25, 0.3) is 5.91 Å². The van der Waals surface area contributed by atoms with Crippen LogP contribution in [0.2, 0.25) is 0 Å². The van der Waals surface area contributed by atoms with Gasteiger partial charge in [-0.05, 0) is 68.5 Å². The van der Waals surface area contributed by atoms with E-state index >= 15 is 0 Å². The molecular formula is C26H35N3O3. The second-order valence-corrected chi connectivity index (χ2v) is 8.32. The number of hydrogen-bond donors (Lipinski definition) is 2. The van der Waals surface area contributed by atoms with Crippen molar-refractivity contribution >= 4 is 23.4 Å². The molecule has 6 nitrogen and oxygen atoms in total. The van der Waals surface area contributed by atoms with E-state index in [1.54, 1.807) is 0 Å². The summed E-state index contributed by atoms with van der Waals surface area (Å²) in [5.41, 5.74) is 3.09. The van der Waals surface area contributed by atoms with E-state index in [0.29, 0.717) is 25.1 Å². The van der Waals surface area contributed by atoms with E-state index in [9.17, 15) is 9.59 Å². The Morgan fingerprint density at radius 1 is 1.00 bits per heavy atom. The first-order valence-electron chi connectivity index (χ1n) is 11.7. The fraction of sp³-hybridized carbons (Fsp3) is 0.462. The van der Waals surface area contributed by atoms with Crippen LogP contribution in [0, 0.1) is 0 Å². The SMILES string of the molecule is CCCCOC(=O)NC1(C(=O)Nc2ccc(N(CC)CC)cc2)CCc2ccccc2C1. The Morgan fingerprint density at radius 3 is 2.34 bits per heavy atom. The van der Waals surface area contributed by atoms with Gasteiger partial charge in [-0.2, -0.15) is 0 Å². The largest absolute Gasteiger partial charge is 0.450 e. The van der Waals surface area contributed by atoms with Crippen molar-refractivity contribution in [3.05, 3.63) is 59.7 Å². The highest BCUT2D eigenvalue weighted by atomic mass is 16.5. The number of carbonyl (C=O) groups is 2. The maximum Gasteiger partial charge on any atom is 0.408 e. The lowest BCUT2D eigenvalue weighted by Gasteiger charge is -2.37. The number of benzene rings is 2. The summed E-state index contributed by atoms with van der Waals surface area (Å²) in [4.78, 5) is 28.3. The van der Waals surface area contributed by atoms with Crippen LogP contribution < -0.4 is 15.5 Å². The van der Waals surface area contributed by atoms with Crippen LogP contribution in [0.15, 0.2) is 48.5 Å². The van der Waals surface area contributed by atoms with Crippen molar-refractivity contribution in [3.8, 4) is 0 Å². The number of hydrogen-bond acceptors (Lipinski definition) is 4. The molecule has 32 heavy (non-hydrogen) atoms. The predicted molar refractivity (Wildman–Crippen MR) is 129 cm³/mol. The quantitative estimate of drug-likeness (QED) is 0.546. The molecule has 172 valence electrons. The van der Waals surface area contributed by atoms with Gasteiger partial charge in [-0.25, -0.2) is 4.79 Å². The topological polar surface area (TPSA) is 70.7 Å². The van der Waals surface area contributed by atoms with Gasteiger partial charge < -0.3 is 20.3 Å². The van der Waals surface area contributed by atoms with Gasteiger partial charge in [0.05, 0.1) is 6.61 Å². The van der Waals surface area contributed by atoms with Crippen LogP contribution in [0.4, 0.5) is 16.2 Å². The van der Waals surface area contributed by atoms with Crippen molar-refractivity contribution in [1.82, 2.24) is 5.32 Å². The molecule has 0 saturated carbocycles. The van der Waals surface area contributed by atoms with Gasteiger partial charge in [-0.3, -0.25) is 4.79 Å². The van der Waals surface area contributed by atoms with E-state index in [2.05, 4.69) is 35.4 Å². The van der Waals surface area contributed by atoms with Gasteiger partial charge in [0.15, 0.2) is 0 Å². The third-order valence-corrected chi connectivity index (χ3v) is 6.19. The van der Waals surface area contributed by atoms with Crippen LogP contribution in [0.3, 0.4) is 0 Å². The number of nitrogens with zero attached hydrogens (tertiary/aromatic N) is 1. The Morgan fingerprint density at radius 2 is 1.69 bits per heavy atom. The molecule has 1 atom stereocenters. The minimum Gasteiger partial charge on any atom is -0.450 e. The molecule has 2 N–H and O–H groups in total. The summed E-state index contributed by atoms with van der Waals surface area (Å²) in [7, 11) is 0. The van der Waals surface area contributed by atoms with E-state index in [4.69, 9.17) is 4.74 Å². The number of unbranched alkanes of at least 4 members (excludes halogenated alkanes) is 1. The smallest absolute Gasteiger partial charge is 0.408 e. The predicted octanol–water partition coefficient (Wildman–Crippen LogP) is 4.93. The van der Waals surface area contributed by atoms with Gasteiger partial charge in [0.2, 0.25) is 0 Å². The van der Waals surface area contributed by atoms with Crippen LogP contribution in [-0.2, 0) is 22.4 Å². The molecule has 0 aromatic heterocycles. The number of ether oxygens (including phenoxy) is 1. The lowest BCUT2D eigenvalue weighted by molar-refractivity contribution is -0.122. The number of fused-ring (bicyclic) bond motifs is 1. The molecule has 1 unspecified atom stereocenters. The Kier molecular flexibility index (Phi) is 8.14. The molecular weight excluding hydrogens is 402 g/mol. The van der Waals surface area contributed by atoms with Crippen LogP contribution >= 0.6 is 0 Å². The molecule has 2 amide bonds. The van der Waals surface area contributed by atoms with E-state index in [-0.39, 0.29) is 5.91 Å². The van der Waals surface area contributed by atoms with Crippen molar-refractivity contribution in [2.75, 3.05) is 29.9 Å². The maximum atomic E-state index is 13.5. The Labute approximate surface area is 191 Å². The van der Waals surface area contributed by atoms with Crippen molar-refractivity contribution in [1.29, 1.82) is 0 Å². The number of nitrogens with one attached hydrogen (secondary N) is 2. The number of rotatable bonds is 9. The molecule has 0 saturated heterocycles. The number of aryl methyl sites for hydroxylation is 1. The fourth-order valence-corrected chi connectivity index (χ4v) is 4.23. The van der Waals surface area contributed by atoms with Crippen LogP contribution in [-0.4, -0.2) is 37.2 Å². The first kappa shape index (κ1) is 23.6. The second-order valence-electron chi connectivity index (χ2n) is 8.32. The maximum absolute atomic E-state index is 13.5. The number of alkyl carbamates (subject to hydrolysis) is 1. The highest BCUT2D eigenvalue weighted by molar-refractivity contribution is 6.00. The summed E-state index contributed by atoms with van der Waals surface area (Å²) in [6.07, 6.45) is 2.89. The second kappa shape index (κ2) is 11.0. The monoisotopic (exact) mass is 437 g/mol. The zero-order chi connectivity index (χ0) is 23.0. The Balaban J connectivity index is 1.78. The normalized spacial score (nSPS) is 17.2. The van der Waals surface area contributed by atoms with Crippen molar-refractivity contribution < 1.29 is 14.3 Å². The molecule has 0 fully saturated rings. The third-order valence-electron chi connectivity index (χ3n) is 6.19. The van der Waals surface area contributed by atoms with Gasteiger partial charge in [-0.1, -0.05) is 37.6 Å². The van der Waals surface area contributed by atoms with Crippen LogP contribution in [0.5, 0.6) is 0 Å². The fourth-order valence-electron chi connectivity index (χ4n) is 4.23. The number of anilines is 2. The van der Waals surface area contributed by atoms with Crippen molar-refractivity contribution in [3.63, 3.8) is 0 Å². The molecule has 1 aliphatic rings. The first-order chi connectivity index (χ1) is 15.5. The van der Waals surface area contributed by atoms with E-state index < -0.39 is 11.6 Å². The van der Waals surface area contributed by atoms with E-state index in [1.165, 1.54) is 5.56 Å². The standard InChI is InChI=1S/C26H35N3O3/c1-4-7-18-32-25(31)28-26(17-16-20-10-8-9-11-21(20)19-26)24(30)27-22-12-14-23(15-13-22)29(5-2)6-3/h8-15H,4-7,16-19H2,1-3H3,(H,27,30)(H,28,31). The molecule has 0 aliphatic heterocycles. The molecule has 1 aliphatic carbocycles. The van der Waals surface area contributed by atoms with E-state index in [0.717, 1.165) is 43.6 Å².